The summed E-state index contributed by atoms with van der Waals surface area (Å²) in [6.07, 6.45) is 0. The molecule has 2 aromatic rings. The quantitative estimate of drug-likeness (QED) is 0.629. The van der Waals surface area contributed by atoms with Gasteiger partial charge in [0.05, 0.1) is 22.4 Å². The lowest BCUT2D eigenvalue weighted by molar-refractivity contribution is -0.145. The van der Waals surface area contributed by atoms with Crippen LogP contribution in [0.3, 0.4) is 0 Å². The molecule has 0 saturated carbocycles. The molecule has 1 aliphatic heterocycles. The van der Waals surface area contributed by atoms with E-state index in [0.29, 0.717) is 28.1 Å². The number of nitrogens with zero attached hydrogens (tertiary/aromatic N) is 2. The van der Waals surface area contributed by atoms with Gasteiger partial charge in [-0.15, -0.1) is 0 Å². The van der Waals surface area contributed by atoms with Gasteiger partial charge in [0.1, 0.15) is 18.9 Å². The first-order valence-corrected chi connectivity index (χ1v) is 7.01. The molecule has 0 radical (unpaired) electrons. The van der Waals surface area contributed by atoms with Crippen molar-refractivity contribution in [2.24, 2.45) is 0 Å². The Morgan fingerprint density at radius 3 is 2.30 bits per heavy atom. The smallest absolute Gasteiger partial charge is 0.326 e. The maximum absolute atomic E-state index is 12.2. The topological polar surface area (TPSA) is 89.7 Å². The number of aryl methyl sites for hydroxylation is 2. The van der Waals surface area contributed by atoms with Gasteiger partial charge in [0, 0.05) is 0 Å². The molecule has 2 heterocycles. The van der Waals surface area contributed by atoms with Crippen LogP contribution in [0.25, 0.3) is 0 Å². The first-order valence-electron chi connectivity index (χ1n) is 7.01. The summed E-state index contributed by atoms with van der Waals surface area (Å²) in [6.45, 7) is 3.02. The van der Waals surface area contributed by atoms with Crippen LogP contribution in [0.15, 0.2) is 28.8 Å². The summed E-state index contributed by atoms with van der Waals surface area (Å²) < 4.78 is 10.1. The minimum absolute atomic E-state index is 0.0107. The molecule has 0 bridgehead atoms. The van der Waals surface area contributed by atoms with E-state index in [1.54, 1.807) is 38.1 Å². The molecule has 3 rings (SSSR count). The second kappa shape index (κ2) is 5.68. The lowest BCUT2D eigenvalue weighted by Gasteiger charge is -2.12. The summed E-state index contributed by atoms with van der Waals surface area (Å²) in [4.78, 5) is 37.1. The van der Waals surface area contributed by atoms with Crippen LogP contribution < -0.4 is 0 Å². The summed E-state index contributed by atoms with van der Waals surface area (Å²) in [5, 5.41) is 3.76. The molecule has 1 aromatic carbocycles. The van der Waals surface area contributed by atoms with Gasteiger partial charge in [0.15, 0.2) is 0 Å². The first kappa shape index (κ1) is 15.0. The lowest BCUT2D eigenvalue weighted by atomic mass is 10.1. The van der Waals surface area contributed by atoms with Gasteiger partial charge >= 0.3 is 5.97 Å². The standard InChI is InChI=1S/C16H14N2O5/c1-9-13(10(2)23-17-9)8-22-14(19)7-18-15(20)11-5-3-4-6-12(11)16(18)21/h3-6H,7-8H2,1-2H3. The minimum atomic E-state index is -0.667. The summed E-state index contributed by atoms with van der Waals surface area (Å²) in [6, 6.07) is 6.46. The zero-order valence-corrected chi connectivity index (χ0v) is 12.7. The molecule has 2 amide bonds. The van der Waals surface area contributed by atoms with Crippen LogP contribution in [-0.2, 0) is 16.1 Å². The SMILES string of the molecule is Cc1noc(C)c1COC(=O)CN1C(=O)c2ccccc2C1=O. The molecule has 23 heavy (non-hydrogen) atoms. The van der Waals surface area contributed by atoms with E-state index >= 15 is 0 Å². The van der Waals surface area contributed by atoms with Crippen molar-refractivity contribution >= 4 is 17.8 Å². The molecule has 0 atom stereocenters. The number of carbonyl (C=O) groups excluding carboxylic acids is 3. The van der Waals surface area contributed by atoms with Crippen LogP contribution in [0.5, 0.6) is 0 Å². The van der Waals surface area contributed by atoms with E-state index < -0.39 is 24.3 Å². The van der Waals surface area contributed by atoms with Crippen molar-refractivity contribution in [2.75, 3.05) is 6.54 Å². The van der Waals surface area contributed by atoms with Gasteiger partial charge in [-0.1, -0.05) is 17.3 Å². The second-order valence-electron chi connectivity index (χ2n) is 5.21. The molecule has 0 N–H and O–H groups in total. The van der Waals surface area contributed by atoms with Crippen molar-refractivity contribution in [3.8, 4) is 0 Å². The zero-order chi connectivity index (χ0) is 16.6. The van der Waals surface area contributed by atoms with E-state index in [1.807, 2.05) is 0 Å². The van der Waals surface area contributed by atoms with E-state index in [-0.39, 0.29) is 6.61 Å². The van der Waals surface area contributed by atoms with E-state index in [9.17, 15) is 14.4 Å². The van der Waals surface area contributed by atoms with Crippen molar-refractivity contribution < 1.29 is 23.6 Å². The lowest BCUT2D eigenvalue weighted by Crippen LogP contribution is -2.35. The number of imide groups is 1. The van der Waals surface area contributed by atoms with Crippen LogP contribution in [0.2, 0.25) is 0 Å². The highest BCUT2D eigenvalue weighted by Crippen LogP contribution is 2.22. The third-order valence-corrected chi connectivity index (χ3v) is 3.72. The van der Waals surface area contributed by atoms with Crippen molar-refractivity contribution in [1.29, 1.82) is 0 Å². The maximum Gasteiger partial charge on any atom is 0.326 e. The largest absolute Gasteiger partial charge is 0.459 e. The van der Waals surface area contributed by atoms with Gasteiger partial charge in [0.2, 0.25) is 0 Å². The number of fused-ring (bicyclic) bond motifs is 1. The Morgan fingerprint density at radius 1 is 1.17 bits per heavy atom. The van der Waals surface area contributed by atoms with E-state index in [4.69, 9.17) is 9.26 Å². The van der Waals surface area contributed by atoms with Crippen molar-refractivity contribution in [3.05, 3.63) is 52.4 Å². The number of carbonyl (C=O) groups is 3. The number of amides is 2. The van der Waals surface area contributed by atoms with Gasteiger partial charge in [-0.25, -0.2) is 0 Å². The molecule has 1 aromatic heterocycles. The van der Waals surface area contributed by atoms with Gasteiger partial charge in [-0.05, 0) is 26.0 Å². The number of hydrogen-bond acceptors (Lipinski definition) is 6. The molecule has 0 unspecified atom stereocenters. The average Bonchev–Trinajstić information content (AvgIpc) is 2.98. The highest BCUT2D eigenvalue weighted by Gasteiger charge is 2.36. The highest BCUT2D eigenvalue weighted by molar-refractivity contribution is 6.22. The van der Waals surface area contributed by atoms with Crippen molar-refractivity contribution in [1.82, 2.24) is 10.1 Å². The Bertz CT molecular complexity index is 754. The van der Waals surface area contributed by atoms with Gasteiger partial charge in [0.25, 0.3) is 11.8 Å². The average molecular weight is 314 g/mol. The van der Waals surface area contributed by atoms with Crippen LogP contribution in [0.1, 0.15) is 37.7 Å². The van der Waals surface area contributed by atoms with Gasteiger partial charge in [-0.2, -0.15) is 0 Å². The van der Waals surface area contributed by atoms with E-state index in [2.05, 4.69) is 5.16 Å². The first-order chi connectivity index (χ1) is 11.0. The fraction of sp³-hybridized carbons (Fsp3) is 0.250. The van der Waals surface area contributed by atoms with Gasteiger partial charge < -0.3 is 9.26 Å². The molecular weight excluding hydrogens is 300 g/mol. The van der Waals surface area contributed by atoms with Crippen LogP contribution in [-0.4, -0.2) is 34.4 Å². The molecule has 118 valence electrons. The maximum atomic E-state index is 12.2. The fourth-order valence-corrected chi connectivity index (χ4v) is 2.42. The highest BCUT2D eigenvalue weighted by atomic mass is 16.5. The number of hydrogen-bond donors (Lipinski definition) is 0. The number of rotatable bonds is 4. The molecule has 0 spiro atoms. The normalized spacial score (nSPS) is 13.4. The molecular formula is C16H14N2O5. The summed E-state index contributed by atoms with van der Waals surface area (Å²) >= 11 is 0. The molecule has 1 aliphatic rings. The van der Waals surface area contributed by atoms with Crippen molar-refractivity contribution in [2.45, 2.75) is 20.5 Å². The predicted octanol–water partition coefficient (Wildman–Crippen LogP) is 1.63. The number of esters is 1. The summed E-state index contributed by atoms with van der Waals surface area (Å²) in [7, 11) is 0. The summed E-state index contributed by atoms with van der Waals surface area (Å²) in [5.74, 6) is -1.07. The monoisotopic (exact) mass is 314 g/mol. The number of aromatic nitrogens is 1. The van der Waals surface area contributed by atoms with Gasteiger partial charge in [-0.3, -0.25) is 19.3 Å². The molecule has 7 heteroatoms. The fourth-order valence-electron chi connectivity index (χ4n) is 2.42. The zero-order valence-electron chi connectivity index (χ0n) is 12.7. The molecule has 0 aliphatic carbocycles. The second-order valence-corrected chi connectivity index (χ2v) is 5.21. The van der Waals surface area contributed by atoms with Crippen LogP contribution >= 0.6 is 0 Å². The number of benzene rings is 1. The third kappa shape index (κ3) is 2.61. The minimum Gasteiger partial charge on any atom is -0.459 e. The van der Waals surface area contributed by atoms with E-state index in [1.165, 1.54) is 0 Å². The van der Waals surface area contributed by atoms with E-state index in [0.717, 1.165) is 4.90 Å². The van der Waals surface area contributed by atoms with Crippen LogP contribution in [0, 0.1) is 13.8 Å². The Hall–Kier alpha value is -2.96. The molecule has 7 nitrogen and oxygen atoms in total. The Morgan fingerprint density at radius 2 is 1.78 bits per heavy atom. The predicted molar refractivity (Wildman–Crippen MR) is 77.6 cm³/mol. The van der Waals surface area contributed by atoms with Crippen molar-refractivity contribution in [3.63, 3.8) is 0 Å². The van der Waals surface area contributed by atoms with Crippen LogP contribution in [0.4, 0.5) is 0 Å². The Balaban J connectivity index is 1.65. The molecule has 0 saturated heterocycles. The Labute approximate surface area is 131 Å². The number of ether oxygens (including phenoxy) is 1. The third-order valence-electron chi connectivity index (χ3n) is 3.72. The Kier molecular flexibility index (Phi) is 3.69. The molecule has 0 fully saturated rings. The summed E-state index contributed by atoms with van der Waals surface area (Å²) in [5.41, 5.74) is 1.92.